The first-order valence-corrected chi connectivity index (χ1v) is 11.3. The van der Waals surface area contributed by atoms with E-state index in [2.05, 4.69) is 47.6 Å². The molecule has 5 aromatic heterocycles. The second-order valence-electron chi connectivity index (χ2n) is 8.63. The normalized spacial score (nSPS) is 14.7. The molecule has 6 rings (SSSR count). The lowest BCUT2D eigenvalue weighted by atomic mass is 9.88. The van der Waals surface area contributed by atoms with Gasteiger partial charge >= 0.3 is 0 Å². The summed E-state index contributed by atoms with van der Waals surface area (Å²) >= 11 is 0. The van der Waals surface area contributed by atoms with Crippen molar-refractivity contribution in [3.8, 4) is 22.5 Å². The Balaban J connectivity index is 1.32. The van der Waals surface area contributed by atoms with E-state index >= 15 is 0 Å². The van der Waals surface area contributed by atoms with Crippen LogP contribution in [0.2, 0.25) is 0 Å². The average molecular weight is 438 g/mol. The zero-order valence-corrected chi connectivity index (χ0v) is 18.0. The highest BCUT2D eigenvalue weighted by Gasteiger charge is 2.21. The summed E-state index contributed by atoms with van der Waals surface area (Å²) in [4.78, 5) is 29.1. The molecule has 0 atom stereocenters. The Bertz CT molecular complexity index is 1430. The smallest absolute Gasteiger partial charge is 0.227 e. The van der Waals surface area contributed by atoms with Crippen LogP contribution in [0, 0.1) is 5.92 Å². The third-order valence-corrected chi connectivity index (χ3v) is 6.42. The summed E-state index contributed by atoms with van der Waals surface area (Å²) in [5, 5.41) is 12.5. The highest BCUT2D eigenvalue weighted by Crippen LogP contribution is 2.31. The van der Waals surface area contributed by atoms with Crippen LogP contribution in [0.25, 0.3) is 44.5 Å². The second kappa shape index (κ2) is 8.12. The number of hydrogen-bond acceptors (Lipinski definition) is 5. The molecule has 8 nitrogen and oxygen atoms in total. The van der Waals surface area contributed by atoms with Crippen LogP contribution < -0.4 is 5.32 Å². The first kappa shape index (κ1) is 19.6. The summed E-state index contributed by atoms with van der Waals surface area (Å²) in [7, 11) is 0. The van der Waals surface area contributed by atoms with Crippen molar-refractivity contribution in [2.45, 2.75) is 32.1 Å². The molecule has 1 fully saturated rings. The number of aromatic nitrogens is 6. The molecule has 0 saturated heterocycles. The molecule has 1 aliphatic rings. The van der Waals surface area contributed by atoms with Crippen LogP contribution in [-0.2, 0) is 4.79 Å². The maximum Gasteiger partial charge on any atom is 0.227 e. The first-order chi connectivity index (χ1) is 16.2. The van der Waals surface area contributed by atoms with Gasteiger partial charge in [-0.2, -0.15) is 5.10 Å². The predicted molar refractivity (Wildman–Crippen MR) is 127 cm³/mol. The molecule has 0 unspecified atom stereocenters. The number of pyridine rings is 3. The molecule has 0 spiro atoms. The van der Waals surface area contributed by atoms with Crippen molar-refractivity contribution in [1.82, 2.24) is 30.1 Å². The standard InChI is InChI=1S/C25H23N7O/c33-25(15-4-2-1-3-5-15)29-19-8-17(11-27-13-19)18-9-20-23(31-32-24(20)28-12-18)21-10-16-6-7-26-14-22(16)30-21/h6-15,30H,1-5H2,(H,29,33)(H,28,31,32). The van der Waals surface area contributed by atoms with Crippen molar-refractivity contribution in [2.24, 2.45) is 5.92 Å². The minimum Gasteiger partial charge on any atom is -0.352 e. The van der Waals surface area contributed by atoms with Crippen LogP contribution in [0.4, 0.5) is 5.69 Å². The molecule has 0 radical (unpaired) electrons. The van der Waals surface area contributed by atoms with E-state index in [4.69, 9.17) is 0 Å². The third kappa shape index (κ3) is 3.73. The molecule has 164 valence electrons. The van der Waals surface area contributed by atoms with E-state index in [1.165, 1.54) is 6.42 Å². The lowest BCUT2D eigenvalue weighted by Crippen LogP contribution is -2.24. The summed E-state index contributed by atoms with van der Waals surface area (Å²) in [6.07, 6.45) is 14.2. The third-order valence-electron chi connectivity index (χ3n) is 6.42. The Kier molecular flexibility index (Phi) is 4.83. The zero-order chi connectivity index (χ0) is 22.2. The summed E-state index contributed by atoms with van der Waals surface area (Å²) in [5.41, 5.74) is 5.89. The number of aromatic amines is 2. The van der Waals surface area contributed by atoms with E-state index in [0.717, 1.165) is 64.5 Å². The lowest BCUT2D eigenvalue weighted by Gasteiger charge is -2.20. The molecule has 5 aromatic rings. The van der Waals surface area contributed by atoms with E-state index in [1.807, 2.05) is 12.1 Å². The van der Waals surface area contributed by atoms with Crippen molar-refractivity contribution in [1.29, 1.82) is 0 Å². The van der Waals surface area contributed by atoms with Gasteiger partial charge in [-0.3, -0.25) is 19.9 Å². The molecular formula is C25H23N7O. The van der Waals surface area contributed by atoms with Gasteiger partial charge in [-0.15, -0.1) is 0 Å². The van der Waals surface area contributed by atoms with E-state index in [0.29, 0.717) is 11.3 Å². The van der Waals surface area contributed by atoms with E-state index in [1.54, 1.807) is 31.0 Å². The van der Waals surface area contributed by atoms with Gasteiger partial charge in [-0.1, -0.05) is 19.3 Å². The Labute approximate surface area is 189 Å². The highest BCUT2D eigenvalue weighted by molar-refractivity contribution is 5.96. The maximum absolute atomic E-state index is 12.7. The van der Waals surface area contributed by atoms with Gasteiger partial charge in [0, 0.05) is 46.4 Å². The first-order valence-electron chi connectivity index (χ1n) is 11.3. The minimum atomic E-state index is 0.0904. The van der Waals surface area contributed by atoms with Crippen molar-refractivity contribution in [3.63, 3.8) is 0 Å². The number of anilines is 1. The maximum atomic E-state index is 12.7. The van der Waals surface area contributed by atoms with Crippen molar-refractivity contribution in [2.75, 3.05) is 5.32 Å². The summed E-state index contributed by atoms with van der Waals surface area (Å²) in [5.74, 6) is 0.188. The number of carbonyl (C=O) groups is 1. The molecule has 8 heteroatoms. The van der Waals surface area contributed by atoms with Crippen molar-refractivity contribution >= 4 is 33.5 Å². The number of H-pyrrole nitrogens is 2. The van der Waals surface area contributed by atoms with Gasteiger partial charge in [0.2, 0.25) is 5.91 Å². The molecule has 0 bridgehead atoms. The average Bonchev–Trinajstić information content (AvgIpc) is 3.48. The number of nitrogens with zero attached hydrogens (tertiary/aromatic N) is 4. The molecule has 5 heterocycles. The highest BCUT2D eigenvalue weighted by atomic mass is 16.1. The van der Waals surface area contributed by atoms with Gasteiger partial charge in [0.25, 0.3) is 0 Å². The molecule has 0 aromatic carbocycles. The number of carbonyl (C=O) groups excluding carboxylic acids is 1. The van der Waals surface area contributed by atoms with Crippen LogP contribution in [-0.4, -0.2) is 36.0 Å². The van der Waals surface area contributed by atoms with Gasteiger partial charge in [-0.25, -0.2) is 4.98 Å². The fourth-order valence-corrected chi connectivity index (χ4v) is 4.64. The molecule has 33 heavy (non-hydrogen) atoms. The SMILES string of the molecule is O=C(Nc1cncc(-c2cnc3n[nH]c(-c4cc5ccncc5[nH]4)c3c2)c1)C1CCCCC1. The molecule has 3 N–H and O–H groups in total. The van der Waals surface area contributed by atoms with Crippen LogP contribution in [0.1, 0.15) is 32.1 Å². The summed E-state index contributed by atoms with van der Waals surface area (Å²) < 4.78 is 0. The molecule has 1 amide bonds. The number of fused-ring (bicyclic) bond motifs is 2. The van der Waals surface area contributed by atoms with Crippen molar-refractivity contribution in [3.05, 3.63) is 55.2 Å². The number of nitrogens with one attached hydrogen (secondary N) is 3. The number of amides is 1. The van der Waals surface area contributed by atoms with Gasteiger partial charge in [0.05, 0.1) is 35.0 Å². The zero-order valence-electron chi connectivity index (χ0n) is 18.0. The van der Waals surface area contributed by atoms with Gasteiger partial charge in [-0.05, 0) is 37.1 Å². The lowest BCUT2D eigenvalue weighted by molar-refractivity contribution is -0.120. The van der Waals surface area contributed by atoms with Crippen molar-refractivity contribution < 1.29 is 4.79 Å². The summed E-state index contributed by atoms with van der Waals surface area (Å²) in [6.45, 7) is 0. The van der Waals surface area contributed by atoms with Crippen LogP contribution in [0.3, 0.4) is 0 Å². The Morgan fingerprint density at radius 2 is 1.85 bits per heavy atom. The van der Waals surface area contributed by atoms with E-state index in [-0.39, 0.29) is 11.8 Å². The molecule has 0 aliphatic heterocycles. The number of hydrogen-bond donors (Lipinski definition) is 3. The minimum absolute atomic E-state index is 0.0904. The quantitative estimate of drug-likeness (QED) is 0.363. The predicted octanol–water partition coefficient (Wildman–Crippen LogP) is 5.08. The van der Waals surface area contributed by atoms with Gasteiger partial charge in [0.1, 0.15) is 0 Å². The molecule has 1 aliphatic carbocycles. The van der Waals surface area contributed by atoms with Gasteiger partial charge in [0.15, 0.2) is 5.65 Å². The van der Waals surface area contributed by atoms with Crippen LogP contribution >= 0.6 is 0 Å². The fourth-order valence-electron chi connectivity index (χ4n) is 4.64. The monoisotopic (exact) mass is 437 g/mol. The largest absolute Gasteiger partial charge is 0.352 e. The molecular weight excluding hydrogens is 414 g/mol. The van der Waals surface area contributed by atoms with Crippen LogP contribution in [0.15, 0.2) is 55.2 Å². The van der Waals surface area contributed by atoms with E-state index < -0.39 is 0 Å². The van der Waals surface area contributed by atoms with Gasteiger partial charge < -0.3 is 10.3 Å². The fraction of sp³-hybridized carbons (Fsp3) is 0.240. The molecule has 1 saturated carbocycles. The van der Waals surface area contributed by atoms with Crippen LogP contribution in [0.5, 0.6) is 0 Å². The van der Waals surface area contributed by atoms with E-state index in [9.17, 15) is 4.79 Å². The Morgan fingerprint density at radius 1 is 0.970 bits per heavy atom. The topological polar surface area (TPSA) is 112 Å². The number of rotatable bonds is 4. The summed E-state index contributed by atoms with van der Waals surface area (Å²) in [6, 6.07) is 8.04. The Hall–Kier alpha value is -4.07. The second-order valence-corrected chi connectivity index (χ2v) is 8.63. The Morgan fingerprint density at radius 3 is 2.73 bits per heavy atom.